The van der Waals surface area contributed by atoms with Gasteiger partial charge in [-0.25, -0.2) is 0 Å². The van der Waals surface area contributed by atoms with Crippen LogP contribution < -0.4 is 10.5 Å². The Kier molecular flexibility index (Phi) is 3.96. The van der Waals surface area contributed by atoms with Crippen LogP contribution in [-0.4, -0.2) is 24.4 Å². The van der Waals surface area contributed by atoms with Gasteiger partial charge in [-0.1, -0.05) is 0 Å². The number of carbonyl (C=O) groups is 1. The summed E-state index contributed by atoms with van der Waals surface area (Å²) in [5.41, 5.74) is 5.30. The van der Waals surface area contributed by atoms with E-state index in [1.54, 1.807) is 0 Å². The number of nitrogens with two attached hydrogens (primary N) is 1. The number of Topliss-reactive ketones (excluding diaryl/α,β-unsaturated/α-hetero) is 1. The summed E-state index contributed by atoms with van der Waals surface area (Å²) in [5, 5.41) is 10.7. The summed E-state index contributed by atoms with van der Waals surface area (Å²) in [5.74, 6) is -0.0810. The number of ether oxygens (including phenoxy) is 1. The molecule has 0 aromatic heterocycles. The fraction of sp³-hybridized carbons (Fsp3) is 0.300. The normalized spacial score (nSPS) is 9.88. The number of hydrogen-bond acceptors (Lipinski definition) is 5. The molecule has 0 fully saturated rings. The highest BCUT2D eigenvalue weighted by molar-refractivity contribution is 5.97. The lowest BCUT2D eigenvalue weighted by atomic mass is 10.1. The maximum Gasteiger partial charge on any atom is 0.311 e. The Morgan fingerprint density at radius 1 is 1.56 bits per heavy atom. The van der Waals surface area contributed by atoms with Crippen LogP contribution in [0.1, 0.15) is 16.8 Å². The molecule has 0 heterocycles. The molecule has 1 rings (SSSR count). The first-order valence-corrected chi connectivity index (χ1v) is 4.66. The van der Waals surface area contributed by atoms with Gasteiger partial charge in [0.15, 0.2) is 11.5 Å². The Bertz CT molecular complexity index is 417. The van der Waals surface area contributed by atoms with Crippen LogP contribution in [0, 0.1) is 10.1 Å². The number of rotatable bonds is 5. The first-order valence-electron chi connectivity index (χ1n) is 4.66. The summed E-state index contributed by atoms with van der Waals surface area (Å²) < 4.78 is 4.82. The molecule has 0 radical (unpaired) electrons. The second kappa shape index (κ2) is 5.22. The molecule has 0 bridgehead atoms. The largest absolute Gasteiger partial charge is 0.490 e. The number of hydrogen-bond donors (Lipinski definition) is 1. The van der Waals surface area contributed by atoms with Gasteiger partial charge >= 0.3 is 5.69 Å². The minimum absolute atomic E-state index is 0.134. The van der Waals surface area contributed by atoms with E-state index < -0.39 is 4.92 Å². The number of nitrogens with zero attached hydrogens (tertiary/aromatic N) is 1. The molecule has 6 nitrogen and oxygen atoms in total. The topological polar surface area (TPSA) is 95.5 Å². The lowest BCUT2D eigenvalue weighted by Crippen LogP contribution is -2.08. The Labute approximate surface area is 92.2 Å². The van der Waals surface area contributed by atoms with Gasteiger partial charge in [0.2, 0.25) is 0 Å². The Morgan fingerprint density at radius 2 is 2.25 bits per heavy atom. The van der Waals surface area contributed by atoms with Crippen molar-refractivity contribution in [2.24, 2.45) is 5.73 Å². The van der Waals surface area contributed by atoms with Crippen molar-refractivity contribution < 1.29 is 14.5 Å². The van der Waals surface area contributed by atoms with Crippen molar-refractivity contribution in [3.05, 3.63) is 33.9 Å². The van der Waals surface area contributed by atoms with Crippen molar-refractivity contribution in [1.82, 2.24) is 0 Å². The van der Waals surface area contributed by atoms with Gasteiger partial charge in [0.1, 0.15) is 0 Å². The third-order valence-corrected chi connectivity index (χ3v) is 2.07. The zero-order chi connectivity index (χ0) is 12.1. The van der Waals surface area contributed by atoms with E-state index in [9.17, 15) is 14.9 Å². The lowest BCUT2D eigenvalue weighted by Gasteiger charge is -2.03. The number of nitro groups is 1. The first-order chi connectivity index (χ1) is 7.60. The van der Waals surface area contributed by atoms with Crippen LogP contribution in [0.2, 0.25) is 0 Å². The van der Waals surface area contributed by atoms with Gasteiger partial charge in [-0.15, -0.1) is 0 Å². The highest BCUT2D eigenvalue weighted by Gasteiger charge is 2.17. The van der Waals surface area contributed by atoms with E-state index in [-0.39, 0.29) is 35.7 Å². The smallest absolute Gasteiger partial charge is 0.311 e. The van der Waals surface area contributed by atoms with Crippen molar-refractivity contribution in [3.8, 4) is 5.75 Å². The van der Waals surface area contributed by atoms with E-state index in [0.29, 0.717) is 0 Å². The molecule has 1 aromatic rings. The van der Waals surface area contributed by atoms with E-state index in [1.807, 2.05) is 0 Å². The Hall–Kier alpha value is -1.95. The predicted molar refractivity (Wildman–Crippen MR) is 57.7 cm³/mol. The quantitative estimate of drug-likeness (QED) is 0.459. The average Bonchev–Trinajstić information content (AvgIpc) is 2.28. The van der Waals surface area contributed by atoms with Gasteiger partial charge in [-0.05, 0) is 18.7 Å². The van der Waals surface area contributed by atoms with Gasteiger partial charge in [0.25, 0.3) is 0 Å². The molecule has 0 amide bonds. The standard InChI is InChI=1S/C10H12N2O4/c1-16-10-3-2-7(9(13)4-5-11)6-8(10)12(14)15/h2-3,6H,4-5,11H2,1H3. The zero-order valence-corrected chi connectivity index (χ0v) is 8.80. The number of ketones is 1. The van der Waals surface area contributed by atoms with Gasteiger partial charge in [0.05, 0.1) is 12.0 Å². The molecule has 0 aliphatic carbocycles. The summed E-state index contributed by atoms with van der Waals surface area (Å²) in [6, 6.07) is 4.10. The molecule has 2 N–H and O–H groups in total. The van der Waals surface area contributed by atoms with Crippen molar-refractivity contribution in [2.45, 2.75) is 6.42 Å². The maximum absolute atomic E-state index is 11.5. The second-order valence-corrected chi connectivity index (χ2v) is 3.11. The fourth-order valence-electron chi connectivity index (χ4n) is 1.28. The third kappa shape index (κ3) is 2.54. The summed E-state index contributed by atoms with van der Waals surface area (Å²) in [6.45, 7) is 0.221. The van der Waals surface area contributed by atoms with Crippen molar-refractivity contribution in [3.63, 3.8) is 0 Å². The third-order valence-electron chi connectivity index (χ3n) is 2.07. The lowest BCUT2D eigenvalue weighted by molar-refractivity contribution is -0.385. The van der Waals surface area contributed by atoms with Crippen molar-refractivity contribution >= 4 is 11.5 Å². The summed E-state index contributed by atoms with van der Waals surface area (Å²) in [7, 11) is 1.34. The SMILES string of the molecule is COc1ccc(C(=O)CCN)cc1[N+](=O)[O-]. The molecular weight excluding hydrogens is 212 g/mol. The monoisotopic (exact) mass is 224 g/mol. The molecule has 0 spiro atoms. The van der Waals surface area contributed by atoms with Crippen LogP contribution in [0.5, 0.6) is 5.75 Å². The van der Waals surface area contributed by atoms with Crippen LogP contribution in [0.3, 0.4) is 0 Å². The van der Waals surface area contributed by atoms with Crippen molar-refractivity contribution in [2.75, 3.05) is 13.7 Å². The summed E-state index contributed by atoms with van der Waals surface area (Å²) in [4.78, 5) is 21.6. The van der Waals surface area contributed by atoms with E-state index in [4.69, 9.17) is 10.5 Å². The van der Waals surface area contributed by atoms with E-state index in [0.717, 1.165) is 0 Å². The van der Waals surface area contributed by atoms with Gasteiger partial charge < -0.3 is 10.5 Å². The van der Waals surface area contributed by atoms with Gasteiger partial charge in [-0.3, -0.25) is 14.9 Å². The Balaban J connectivity index is 3.11. The van der Waals surface area contributed by atoms with Crippen molar-refractivity contribution in [1.29, 1.82) is 0 Å². The second-order valence-electron chi connectivity index (χ2n) is 3.11. The average molecular weight is 224 g/mol. The molecule has 6 heteroatoms. The minimum Gasteiger partial charge on any atom is -0.490 e. The number of benzene rings is 1. The molecule has 0 saturated carbocycles. The number of nitro benzene ring substituents is 1. The molecule has 0 aliphatic heterocycles. The van der Waals surface area contributed by atoms with Gasteiger partial charge in [0, 0.05) is 18.1 Å². The van der Waals surface area contributed by atoms with E-state index in [2.05, 4.69) is 0 Å². The van der Waals surface area contributed by atoms with E-state index >= 15 is 0 Å². The van der Waals surface area contributed by atoms with Crippen LogP contribution in [0.15, 0.2) is 18.2 Å². The molecule has 16 heavy (non-hydrogen) atoms. The van der Waals surface area contributed by atoms with Crippen LogP contribution in [-0.2, 0) is 0 Å². The maximum atomic E-state index is 11.5. The van der Waals surface area contributed by atoms with Gasteiger partial charge in [-0.2, -0.15) is 0 Å². The molecular formula is C10H12N2O4. The summed E-state index contributed by atoms with van der Waals surface area (Å²) >= 11 is 0. The fourth-order valence-corrected chi connectivity index (χ4v) is 1.28. The highest BCUT2D eigenvalue weighted by Crippen LogP contribution is 2.27. The predicted octanol–water partition coefficient (Wildman–Crippen LogP) is 1.13. The zero-order valence-electron chi connectivity index (χ0n) is 8.80. The number of methoxy groups -OCH3 is 1. The summed E-state index contributed by atoms with van der Waals surface area (Å²) in [6.07, 6.45) is 0.170. The number of carbonyl (C=O) groups excluding carboxylic acids is 1. The van der Waals surface area contributed by atoms with E-state index in [1.165, 1.54) is 25.3 Å². The van der Waals surface area contributed by atoms with Crippen LogP contribution in [0.25, 0.3) is 0 Å². The van der Waals surface area contributed by atoms with Crippen LogP contribution in [0.4, 0.5) is 5.69 Å². The minimum atomic E-state index is -0.585. The molecule has 0 atom stereocenters. The first kappa shape index (κ1) is 12.1. The highest BCUT2D eigenvalue weighted by atomic mass is 16.6. The molecule has 0 aliphatic rings. The van der Waals surface area contributed by atoms with Crippen LogP contribution >= 0.6 is 0 Å². The molecule has 86 valence electrons. The molecule has 0 saturated heterocycles. The molecule has 0 unspecified atom stereocenters. The Morgan fingerprint density at radius 3 is 2.75 bits per heavy atom. The molecule has 1 aromatic carbocycles.